The Hall–Kier alpha value is -2.40. The molecule has 5 heteroatoms. The van der Waals surface area contributed by atoms with Gasteiger partial charge in [-0.25, -0.2) is 4.79 Å². The van der Waals surface area contributed by atoms with E-state index in [0.29, 0.717) is 6.54 Å². The number of rotatable bonds is 4. The number of carbonyl (C=O) groups is 2. The minimum Gasteiger partial charge on any atom is -0.452 e. The molecule has 0 bridgehead atoms. The van der Waals surface area contributed by atoms with Crippen LogP contribution in [0.3, 0.4) is 0 Å². The van der Waals surface area contributed by atoms with E-state index in [9.17, 15) is 9.59 Å². The Labute approximate surface area is 148 Å². The number of anilines is 1. The van der Waals surface area contributed by atoms with Crippen molar-refractivity contribution in [3.8, 4) is 0 Å². The molecule has 4 nitrogen and oxygen atoms in total. The van der Waals surface area contributed by atoms with Crippen molar-refractivity contribution in [3.05, 3.63) is 70.2 Å². The van der Waals surface area contributed by atoms with Crippen LogP contribution in [0.2, 0.25) is 0 Å². The van der Waals surface area contributed by atoms with Crippen LogP contribution in [0, 0.1) is 0 Å². The van der Waals surface area contributed by atoms with Crippen LogP contribution in [0.4, 0.5) is 5.69 Å². The first kappa shape index (κ1) is 16.5. The van der Waals surface area contributed by atoms with E-state index < -0.39 is 5.97 Å². The van der Waals surface area contributed by atoms with Crippen molar-refractivity contribution in [2.24, 2.45) is 0 Å². The maximum absolute atomic E-state index is 12.2. The van der Waals surface area contributed by atoms with Crippen LogP contribution in [0.5, 0.6) is 0 Å². The largest absolute Gasteiger partial charge is 0.452 e. The predicted octanol–water partition coefficient (Wildman–Crippen LogP) is 3.59. The van der Waals surface area contributed by atoms with Crippen molar-refractivity contribution < 1.29 is 14.3 Å². The standard InChI is InChI=1S/C19H16BrNO3/c20-16-6-3-4-14(12-16)8-9-19(23)24-13-18(22)21-11-10-15-5-1-2-7-17(15)21/h1-9,12H,10-11,13H2/b9-8+. The summed E-state index contributed by atoms with van der Waals surface area (Å²) in [6, 6.07) is 15.3. The summed E-state index contributed by atoms with van der Waals surface area (Å²) in [5.74, 6) is -0.736. The van der Waals surface area contributed by atoms with Gasteiger partial charge in [-0.05, 0) is 41.8 Å². The number of para-hydroxylation sites is 1. The first-order valence-corrected chi connectivity index (χ1v) is 8.41. The van der Waals surface area contributed by atoms with Gasteiger partial charge in [0.2, 0.25) is 0 Å². The first-order chi connectivity index (χ1) is 11.6. The number of fused-ring (bicyclic) bond motifs is 1. The molecule has 1 amide bonds. The minimum atomic E-state index is -0.532. The maximum atomic E-state index is 12.2. The fourth-order valence-electron chi connectivity index (χ4n) is 2.63. The lowest BCUT2D eigenvalue weighted by atomic mass is 10.2. The monoisotopic (exact) mass is 385 g/mol. The van der Waals surface area contributed by atoms with Crippen LogP contribution in [0.1, 0.15) is 11.1 Å². The zero-order chi connectivity index (χ0) is 16.9. The fourth-order valence-corrected chi connectivity index (χ4v) is 3.05. The Morgan fingerprint density at radius 1 is 1.17 bits per heavy atom. The van der Waals surface area contributed by atoms with Gasteiger partial charge < -0.3 is 9.64 Å². The molecule has 0 saturated heterocycles. The zero-order valence-corrected chi connectivity index (χ0v) is 14.5. The Morgan fingerprint density at radius 3 is 2.83 bits per heavy atom. The molecule has 2 aromatic rings. The van der Waals surface area contributed by atoms with Gasteiger partial charge in [0, 0.05) is 22.8 Å². The number of ether oxygens (including phenoxy) is 1. The number of amides is 1. The van der Waals surface area contributed by atoms with Crippen LogP contribution < -0.4 is 4.90 Å². The number of nitrogens with zero attached hydrogens (tertiary/aromatic N) is 1. The van der Waals surface area contributed by atoms with Crippen LogP contribution in [0.15, 0.2) is 59.1 Å². The van der Waals surface area contributed by atoms with Gasteiger partial charge in [0.15, 0.2) is 6.61 Å². The molecule has 122 valence electrons. The smallest absolute Gasteiger partial charge is 0.331 e. The summed E-state index contributed by atoms with van der Waals surface area (Å²) in [4.78, 5) is 25.7. The lowest BCUT2D eigenvalue weighted by Gasteiger charge is -2.16. The van der Waals surface area contributed by atoms with Gasteiger partial charge >= 0.3 is 5.97 Å². The van der Waals surface area contributed by atoms with Crippen molar-refractivity contribution in [1.82, 2.24) is 0 Å². The highest BCUT2D eigenvalue weighted by Gasteiger charge is 2.24. The molecule has 0 aliphatic carbocycles. The molecular weight excluding hydrogens is 370 g/mol. The molecule has 1 aliphatic rings. The molecule has 0 unspecified atom stereocenters. The van der Waals surface area contributed by atoms with E-state index in [2.05, 4.69) is 15.9 Å². The summed E-state index contributed by atoms with van der Waals surface area (Å²) in [7, 11) is 0. The molecule has 0 aromatic heterocycles. The summed E-state index contributed by atoms with van der Waals surface area (Å²) in [5.41, 5.74) is 2.93. The highest BCUT2D eigenvalue weighted by molar-refractivity contribution is 9.10. The van der Waals surface area contributed by atoms with Gasteiger partial charge in [-0.15, -0.1) is 0 Å². The lowest BCUT2D eigenvalue weighted by molar-refractivity contribution is -0.142. The Morgan fingerprint density at radius 2 is 2.00 bits per heavy atom. The second-order valence-corrected chi connectivity index (χ2v) is 6.34. The predicted molar refractivity (Wildman–Crippen MR) is 96.6 cm³/mol. The number of esters is 1. The molecule has 1 heterocycles. The van der Waals surface area contributed by atoms with Gasteiger partial charge in [-0.3, -0.25) is 4.79 Å². The summed E-state index contributed by atoms with van der Waals surface area (Å²) < 4.78 is 5.99. The Balaban J connectivity index is 1.54. The maximum Gasteiger partial charge on any atom is 0.331 e. The average molecular weight is 386 g/mol. The van der Waals surface area contributed by atoms with Gasteiger partial charge in [0.05, 0.1) is 0 Å². The third-order valence-corrected chi connectivity index (χ3v) is 4.28. The van der Waals surface area contributed by atoms with E-state index in [0.717, 1.165) is 27.7 Å². The second-order valence-electron chi connectivity index (χ2n) is 5.42. The van der Waals surface area contributed by atoms with Gasteiger partial charge in [0.1, 0.15) is 0 Å². The summed E-state index contributed by atoms with van der Waals surface area (Å²) >= 11 is 3.37. The van der Waals surface area contributed by atoms with E-state index in [1.54, 1.807) is 11.0 Å². The molecular formula is C19H16BrNO3. The van der Waals surface area contributed by atoms with E-state index >= 15 is 0 Å². The van der Waals surface area contributed by atoms with Gasteiger partial charge in [-0.1, -0.05) is 46.3 Å². The summed E-state index contributed by atoms with van der Waals surface area (Å²) in [5, 5.41) is 0. The van der Waals surface area contributed by atoms with Crippen molar-refractivity contribution in [1.29, 1.82) is 0 Å². The van der Waals surface area contributed by atoms with Crippen LogP contribution in [-0.2, 0) is 20.7 Å². The quantitative estimate of drug-likeness (QED) is 0.596. The highest BCUT2D eigenvalue weighted by Crippen LogP contribution is 2.27. The Kier molecular flexibility index (Phi) is 5.11. The van der Waals surface area contributed by atoms with E-state index in [1.807, 2.05) is 48.5 Å². The minimum absolute atomic E-state index is 0.204. The number of benzene rings is 2. The van der Waals surface area contributed by atoms with Crippen LogP contribution in [-0.4, -0.2) is 25.0 Å². The van der Waals surface area contributed by atoms with E-state index in [-0.39, 0.29) is 12.5 Å². The van der Waals surface area contributed by atoms with E-state index in [4.69, 9.17) is 4.74 Å². The number of carbonyl (C=O) groups excluding carboxylic acids is 2. The third-order valence-electron chi connectivity index (χ3n) is 3.79. The normalized spacial score (nSPS) is 13.1. The zero-order valence-electron chi connectivity index (χ0n) is 12.9. The van der Waals surface area contributed by atoms with E-state index in [1.165, 1.54) is 6.08 Å². The summed E-state index contributed by atoms with van der Waals surface area (Å²) in [6.45, 7) is 0.375. The van der Waals surface area contributed by atoms with Crippen LogP contribution in [0.25, 0.3) is 6.08 Å². The SMILES string of the molecule is O=C(/C=C/c1cccc(Br)c1)OCC(=O)N1CCc2ccccc21. The first-order valence-electron chi connectivity index (χ1n) is 7.62. The lowest BCUT2D eigenvalue weighted by Crippen LogP contribution is -2.33. The molecule has 2 aromatic carbocycles. The van der Waals surface area contributed by atoms with Crippen molar-refractivity contribution in [2.45, 2.75) is 6.42 Å². The molecule has 1 aliphatic heterocycles. The Bertz CT molecular complexity index is 801. The molecule has 0 radical (unpaired) electrons. The molecule has 0 fully saturated rings. The molecule has 24 heavy (non-hydrogen) atoms. The number of hydrogen-bond acceptors (Lipinski definition) is 3. The molecule has 0 N–H and O–H groups in total. The number of hydrogen-bond donors (Lipinski definition) is 0. The topological polar surface area (TPSA) is 46.6 Å². The fraction of sp³-hybridized carbons (Fsp3) is 0.158. The highest BCUT2D eigenvalue weighted by atomic mass is 79.9. The van der Waals surface area contributed by atoms with Crippen molar-refractivity contribution in [2.75, 3.05) is 18.1 Å². The second kappa shape index (κ2) is 7.45. The molecule has 0 saturated carbocycles. The third kappa shape index (κ3) is 3.92. The van der Waals surface area contributed by atoms with Crippen molar-refractivity contribution in [3.63, 3.8) is 0 Å². The average Bonchev–Trinajstić information content (AvgIpc) is 3.02. The molecule has 0 atom stereocenters. The summed E-state index contributed by atoms with van der Waals surface area (Å²) in [6.07, 6.45) is 3.81. The molecule has 0 spiro atoms. The van der Waals surface area contributed by atoms with Gasteiger partial charge in [0.25, 0.3) is 5.91 Å². The molecule has 3 rings (SSSR count). The number of halogens is 1. The van der Waals surface area contributed by atoms with Crippen LogP contribution >= 0.6 is 15.9 Å². The van der Waals surface area contributed by atoms with Crippen molar-refractivity contribution >= 4 is 39.6 Å². The van der Waals surface area contributed by atoms with Gasteiger partial charge in [-0.2, -0.15) is 0 Å².